The van der Waals surface area contributed by atoms with Crippen molar-refractivity contribution in [1.82, 2.24) is 5.32 Å². The van der Waals surface area contributed by atoms with Gasteiger partial charge in [0.2, 0.25) is 5.91 Å². The second-order valence-electron chi connectivity index (χ2n) is 5.63. The molecule has 5 nitrogen and oxygen atoms in total. The highest BCUT2D eigenvalue weighted by Crippen LogP contribution is 2.19. The first-order chi connectivity index (χ1) is 11.2. The van der Waals surface area contributed by atoms with Crippen LogP contribution in [0.15, 0.2) is 35.9 Å². The van der Waals surface area contributed by atoms with Crippen LogP contribution >= 0.6 is 0 Å². The normalized spacial score (nSPS) is 13.9. The van der Waals surface area contributed by atoms with E-state index in [1.54, 1.807) is 24.3 Å². The van der Waals surface area contributed by atoms with Gasteiger partial charge in [0.1, 0.15) is 0 Å². The molecule has 0 aromatic heterocycles. The zero-order chi connectivity index (χ0) is 16.5. The molecule has 0 heterocycles. The molecule has 5 heteroatoms. The van der Waals surface area contributed by atoms with Crippen molar-refractivity contribution < 1.29 is 14.3 Å². The molecule has 0 bridgehead atoms. The van der Waals surface area contributed by atoms with Crippen molar-refractivity contribution in [3.05, 3.63) is 41.5 Å². The van der Waals surface area contributed by atoms with Crippen LogP contribution in [-0.2, 0) is 9.53 Å². The van der Waals surface area contributed by atoms with Crippen LogP contribution in [-0.4, -0.2) is 32.1 Å². The maximum absolute atomic E-state index is 11.8. The number of amides is 1. The number of ether oxygens (including phenoxy) is 1. The zero-order valence-electron chi connectivity index (χ0n) is 13.6. The average molecular weight is 316 g/mol. The van der Waals surface area contributed by atoms with E-state index in [1.807, 2.05) is 0 Å². The lowest BCUT2D eigenvalue weighted by molar-refractivity contribution is -0.119. The van der Waals surface area contributed by atoms with E-state index in [0.717, 1.165) is 12.1 Å². The summed E-state index contributed by atoms with van der Waals surface area (Å²) >= 11 is 0. The Bertz CT molecular complexity index is 564. The van der Waals surface area contributed by atoms with Gasteiger partial charge in [0.05, 0.1) is 19.2 Å². The van der Waals surface area contributed by atoms with Gasteiger partial charge in [-0.2, -0.15) is 0 Å². The molecule has 2 rings (SSSR count). The molecule has 0 saturated carbocycles. The van der Waals surface area contributed by atoms with Crippen molar-refractivity contribution >= 4 is 17.6 Å². The minimum absolute atomic E-state index is 0.0292. The highest BCUT2D eigenvalue weighted by molar-refractivity contribution is 5.89. The molecule has 0 spiro atoms. The largest absolute Gasteiger partial charge is 0.465 e. The van der Waals surface area contributed by atoms with Gasteiger partial charge in [-0.25, -0.2) is 4.79 Å². The number of rotatable bonds is 7. The van der Waals surface area contributed by atoms with Gasteiger partial charge in [-0.1, -0.05) is 11.6 Å². The third-order valence-corrected chi connectivity index (χ3v) is 3.91. The predicted octanol–water partition coefficient (Wildman–Crippen LogP) is 2.89. The number of esters is 1. The van der Waals surface area contributed by atoms with Gasteiger partial charge >= 0.3 is 5.97 Å². The van der Waals surface area contributed by atoms with Gasteiger partial charge < -0.3 is 15.4 Å². The number of benzene rings is 1. The van der Waals surface area contributed by atoms with Gasteiger partial charge in [-0.05, 0) is 56.4 Å². The summed E-state index contributed by atoms with van der Waals surface area (Å²) in [6.07, 6.45) is 8.14. The summed E-state index contributed by atoms with van der Waals surface area (Å²) in [6.45, 7) is 0.907. The van der Waals surface area contributed by atoms with Crippen molar-refractivity contribution in [1.29, 1.82) is 0 Å². The van der Waals surface area contributed by atoms with E-state index in [1.165, 1.54) is 38.4 Å². The molecule has 23 heavy (non-hydrogen) atoms. The standard InChI is InChI=1S/C18H24N2O3/c1-23-18(22)15-7-9-16(10-8-15)20-13-17(21)19-12-11-14-5-3-2-4-6-14/h5,7-10,20H,2-4,6,11-13H2,1H3,(H,19,21). The summed E-state index contributed by atoms with van der Waals surface area (Å²) in [4.78, 5) is 23.1. The maximum atomic E-state index is 11.8. The number of nitrogens with one attached hydrogen (secondary N) is 2. The van der Waals surface area contributed by atoms with E-state index < -0.39 is 0 Å². The summed E-state index contributed by atoms with van der Waals surface area (Å²) in [7, 11) is 1.35. The summed E-state index contributed by atoms with van der Waals surface area (Å²) in [5.41, 5.74) is 2.74. The number of hydrogen-bond donors (Lipinski definition) is 2. The highest BCUT2D eigenvalue weighted by Gasteiger charge is 2.06. The van der Waals surface area contributed by atoms with E-state index in [9.17, 15) is 9.59 Å². The Hall–Kier alpha value is -2.30. The van der Waals surface area contributed by atoms with E-state index in [2.05, 4.69) is 21.4 Å². The fraction of sp³-hybridized carbons (Fsp3) is 0.444. The Balaban J connectivity index is 1.67. The van der Waals surface area contributed by atoms with E-state index in [-0.39, 0.29) is 18.4 Å². The Morgan fingerprint density at radius 1 is 1.17 bits per heavy atom. The van der Waals surface area contributed by atoms with Crippen LogP contribution < -0.4 is 10.6 Å². The molecule has 1 amide bonds. The summed E-state index contributed by atoms with van der Waals surface area (Å²) in [6, 6.07) is 6.85. The predicted molar refractivity (Wildman–Crippen MR) is 90.4 cm³/mol. The second kappa shape index (κ2) is 8.98. The lowest BCUT2D eigenvalue weighted by atomic mass is 9.97. The van der Waals surface area contributed by atoms with Crippen molar-refractivity contribution in [2.24, 2.45) is 0 Å². The Morgan fingerprint density at radius 2 is 1.96 bits per heavy atom. The molecule has 1 aromatic rings. The molecule has 0 fully saturated rings. The average Bonchev–Trinajstić information content (AvgIpc) is 2.60. The number of allylic oxidation sites excluding steroid dienone is 1. The Kier molecular flexibility index (Phi) is 6.66. The molecule has 0 saturated heterocycles. The van der Waals surface area contributed by atoms with Gasteiger partial charge in [0.25, 0.3) is 0 Å². The topological polar surface area (TPSA) is 67.4 Å². The third-order valence-electron chi connectivity index (χ3n) is 3.91. The van der Waals surface area contributed by atoms with Crippen LogP contribution in [0.25, 0.3) is 0 Å². The van der Waals surface area contributed by atoms with Crippen molar-refractivity contribution in [3.63, 3.8) is 0 Å². The molecule has 0 atom stereocenters. The van der Waals surface area contributed by atoms with Crippen LogP contribution in [0.1, 0.15) is 42.5 Å². The Labute approximate surface area is 137 Å². The minimum atomic E-state index is -0.369. The first-order valence-corrected chi connectivity index (χ1v) is 8.06. The Morgan fingerprint density at radius 3 is 2.61 bits per heavy atom. The lowest BCUT2D eigenvalue weighted by Gasteiger charge is -2.13. The van der Waals surface area contributed by atoms with E-state index in [4.69, 9.17) is 0 Å². The molecule has 0 unspecified atom stereocenters. The lowest BCUT2D eigenvalue weighted by Crippen LogP contribution is -2.30. The van der Waals surface area contributed by atoms with Gasteiger partial charge in [-0.15, -0.1) is 0 Å². The second-order valence-corrected chi connectivity index (χ2v) is 5.63. The zero-order valence-corrected chi connectivity index (χ0v) is 13.6. The summed E-state index contributed by atoms with van der Waals surface area (Å²) in [5, 5.41) is 5.96. The molecule has 124 valence electrons. The van der Waals surface area contributed by atoms with Gasteiger partial charge in [-0.3, -0.25) is 4.79 Å². The van der Waals surface area contributed by atoms with Crippen LogP contribution in [0, 0.1) is 0 Å². The fourth-order valence-electron chi connectivity index (χ4n) is 2.58. The molecular formula is C18H24N2O3. The molecule has 1 aromatic carbocycles. The van der Waals surface area contributed by atoms with Crippen molar-refractivity contribution in [2.75, 3.05) is 25.5 Å². The minimum Gasteiger partial charge on any atom is -0.465 e. The first kappa shape index (κ1) is 17.1. The smallest absolute Gasteiger partial charge is 0.337 e. The first-order valence-electron chi connectivity index (χ1n) is 8.06. The number of hydrogen-bond acceptors (Lipinski definition) is 4. The van der Waals surface area contributed by atoms with Gasteiger partial charge in [0, 0.05) is 12.2 Å². The van der Waals surface area contributed by atoms with Gasteiger partial charge in [0.15, 0.2) is 0 Å². The third kappa shape index (κ3) is 5.77. The maximum Gasteiger partial charge on any atom is 0.337 e. The quantitative estimate of drug-likeness (QED) is 0.599. The van der Waals surface area contributed by atoms with Crippen LogP contribution in [0.5, 0.6) is 0 Å². The van der Waals surface area contributed by atoms with Crippen molar-refractivity contribution in [3.8, 4) is 0 Å². The summed E-state index contributed by atoms with van der Waals surface area (Å²) in [5.74, 6) is -0.398. The van der Waals surface area contributed by atoms with Crippen molar-refractivity contribution in [2.45, 2.75) is 32.1 Å². The molecule has 0 aliphatic heterocycles. The van der Waals surface area contributed by atoms with E-state index >= 15 is 0 Å². The highest BCUT2D eigenvalue weighted by atomic mass is 16.5. The molecular weight excluding hydrogens is 292 g/mol. The van der Waals surface area contributed by atoms with E-state index in [0.29, 0.717) is 12.1 Å². The number of anilines is 1. The van der Waals surface area contributed by atoms with Crippen LogP contribution in [0.2, 0.25) is 0 Å². The van der Waals surface area contributed by atoms with Crippen LogP contribution in [0.4, 0.5) is 5.69 Å². The fourth-order valence-corrected chi connectivity index (χ4v) is 2.58. The molecule has 1 aliphatic carbocycles. The molecule has 1 aliphatic rings. The number of carbonyl (C=O) groups excluding carboxylic acids is 2. The van der Waals surface area contributed by atoms with Crippen LogP contribution in [0.3, 0.4) is 0 Å². The SMILES string of the molecule is COC(=O)c1ccc(NCC(=O)NCCC2=CCCCC2)cc1. The number of carbonyl (C=O) groups is 2. The monoisotopic (exact) mass is 316 g/mol. The molecule has 2 N–H and O–H groups in total. The molecule has 0 radical (unpaired) electrons. The number of methoxy groups -OCH3 is 1. The summed E-state index contributed by atoms with van der Waals surface area (Å²) < 4.78 is 4.64.